The molecule has 0 aliphatic carbocycles. The van der Waals surface area contributed by atoms with Gasteiger partial charge in [-0.25, -0.2) is 0 Å². The van der Waals surface area contributed by atoms with Crippen LogP contribution in [0.4, 0.5) is 0 Å². The van der Waals surface area contributed by atoms with Crippen LogP contribution in [-0.2, 0) is 6.54 Å². The Morgan fingerprint density at radius 1 is 1.30 bits per heavy atom. The molecule has 2 N–H and O–H groups in total. The summed E-state index contributed by atoms with van der Waals surface area (Å²) in [7, 11) is 0. The Bertz CT molecular complexity index is 656. The maximum absolute atomic E-state index is 12.5. The molecule has 6 nitrogen and oxygen atoms in total. The quantitative estimate of drug-likeness (QED) is 0.872. The number of nitrogens with zero attached hydrogens (tertiary/aromatic N) is 3. The average molecular weight is 315 g/mol. The lowest BCUT2D eigenvalue weighted by atomic mass is 9.94. The molecule has 1 aliphatic heterocycles. The lowest BCUT2D eigenvalue weighted by molar-refractivity contribution is 0.000873. The summed E-state index contributed by atoms with van der Waals surface area (Å²) in [5.41, 5.74) is 1.64. The molecule has 23 heavy (non-hydrogen) atoms. The van der Waals surface area contributed by atoms with Gasteiger partial charge in [-0.15, -0.1) is 0 Å². The van der Waals surface area contributed by atoms with E-state index in [1.165, 1.54) is 0 Å². The minimum absolute atomic E-state index is 0.0434. The van der Waals surface area contributed by atoms with Gasteiger partial charge in [0.15, 0.2) is 0 Å². The molecule has 0 saturated carbocycles. The smallest absolute Gasteiger partial charge is 0.257 e. The summed E-state index contributed by atoms with van der Waals surface area (Å²) in [4.78, 5) is 14.1. The van der Waals surface area contributed by atoms with E-state index in [1.807, 2.05) is 30.3 Å². The van der Waals surface area contributed by atoms with Crippen LogP contribution >= 0.6 is 0 Å². The first-order chi connectivity index (χ1) is 11.2. The largest absolute Gasteiger partial charge is 0.396 e. The van der Waals surface area contributed by atoms with Crippen molar-refractivity contribution in [1.29, 1.82) is 0 Å². The van der Waals surface area contributed by atoms with E-state index in [0.717, 1.165) is 5.56 Å². The number of likely N-dealkylation sites (tertiary alicyclic amines) is 1. The fourth-order valence-electron chi connectivity index (χ4n) is 2.89. The number of hydrogen-bond acceptors (Lipinski definition) is 4. The zero-order valence-electron chi connectivity index (χ0n) is 12.9. The minimum Gasteiger partial charge on any atom is -0.396 e. The van der Waals surface area contributed by atoms with Gasteiger partial charge in [0.1, 0.15) is 0 Å². The predicted octanol–water partition coefficient (Wildman–Crippen LogP) is 0.747. The van der Waals surface area contributed by atoms with Gasteiger partial charge in [-0.05, 0) is 12.0 Å². The van der Waals surface area contributed by atoms with E-state index in [2.05, 4.69) is 5.10 Å². The fourth-order valence-corrected chi connectivity index (χ4v) is 2.89. The van der Waals surface area contributed by atoms with Gasteiger partial charge in [-0.3, -0.25) is 9.48 Å². The zero-order valence-corrected chi connectivity index (χ0v) is 12.9. The summed E-state index contributed by atoms with van der Waals surface area (Å²) in [5.74, 6) is -0.264. The molecule has 6 heteroatoms. The van der Waals surface area contributed by atoms with Crippen LogP contribution in [0.25, 0.3) is 0 Å². The second-order valence-corrected chi connectivity index (χ2v) is 5.96. The third-order valence-corrected chi connectivity index (χ3v) is 4.31. The number of β-amino-alcohol motifs (C(OH)–C–C–N with tert-alkyl or cyclic N) is 1. The van der Waals surface area contributed by atoms with Crippen molar-refractivity contribution in [2.24, 2.45) is 5.92 Å². The molecular weight excluding hydrogens is 294 g/mol. The second kappa shape index (κ2) is 6.93. The first kappa shape index (κ1) is 15.7. The summed E-state index contributed by atoms with van der Waals surface area (Å²) in [6.07, 6.45) is 3.24. The van der Waals surface area contributed by atoms with Gasteiger partial charge in [0.05, 0.1) is 24.4 Å². The molecule has 1 aliphatic rings. The van der Waals surface area contributed by atoms with Crippen LogP contribution in [0.1, 0.15) is 22.3 Å². The van der Waals surface area contributed by atoms with Gasteiger partial charge in [0, 0.05) is 31.8 Å². The van der Waals surface area contributed by atoms with Crippen molar-refractivity contribution in [3.8, 4) is 0 Å². The van der Waals surface area contributed by atoms with E-state index in [0.29, 0.717) is 25.1 Å². The van der Waals surface area contributed by atoms with E-state index in [9.17, 15) is 15.0 Å². The highest BCUT2D eigenvalue weighted by molar-refractivity contribution is 5.93. The number of carbonyl (C=O) groups is 1. The van der Waals surface area contributed by atoms with Crippen molar-refractivity contribution < 1.29 is 15.0 Å². The van der Waals surface area contributed by atoms with Crippen LogP contribution in [0, 0.1) is 5.92 Å². The van der Waals surface area contributed by atoms with E-state index in [4.69, 9.17) is 0 Å². The van der Waals surface area contributed by atoms with Crippen LogP contribution in [0.2, 0.25) is 0 Å². The first-order valence-electron chi connectivity index (χ1n) is 7.82. The number of carbonyl (C=O) groups excluding carboxylic acids is 1. The summed E-state index contributed by atoms with van der Waals surface area (Å²) < 4.78 is 1.74. The Kier molecular flexibility index (Phi) is 4.73. The molecule has 0 spiro atoms. The monoisotopic (exact) mass is 315 g/mol. The number of aromatic nitrogens is 2. The Labute approximate surface area is 135 Å². The van der Waals surface area contributed by atoms with Crippen LogP contribution in [0.5, 0.6) is 0 Å². The van der Waals surface area contributed by atoms with Gasteiger partial charge in [0.25, 0.3) is 5.91 Å². The molecule has 0 bridgehead atoms. The first-order valence-corrected chi connectivity index (χ1v) is 7.82. The molecule has 2 atom stereocenters. The van der Waals surface area contributed by atoms with Crippen molar-refractivity contribution >= 4 is 5.91 Å². The molecule has 0 radical (unpaired) electrons. The van der Waals surface area contributed by atoms with Gasteiger partial charge in [-0.1, -0.05) is 30.3 Å². The van der Waals surface area contributed by atoms with Crippen molar-refractivity contribution in [1.82, 2.24) is 14.7 Å². The SMILES string of the molecule is O=C(c1cnn(Cc2ccccc2)c1)N1CC[C@H](CO)[C@@H](O)C1. The highest BCUT2D eigenvalue weighted by Gasteiger charge is 2.30. The van der Waals surface area contributed by atoms with Crippen molar-refractivity contribution in [2.45, 2.75) is 19.1 Å². The summed E-state index contributed by atoms with van der Waals surface area (Å²) >= 11 is 0. The Morgan fingerprint density at radius 3 is 2.78 bits per heavy atom. The van der Waals surface area contributed by atoms with Crippen molar-refractivity contribution in [2.75, 3.05) is 19.7 Å². The number of aliphatic hydroxyl groups excluding tert-OH is 2. The summed E-state index contributed by atoms with van der Waals surface area (Å²) in [6, 6.07) is 9.93. The number of hydrogen-bond donors (Lipinski definition) is 2. The molecular formula is C17H21N3O3. The lowest BCUT2D eigenvalue weighted by Gasteiger charge is -2.34. The number of aliphatic hydroxyl groups is 2. The van der Waals surface area contributed by atoms with E-state index in [1.54, 1.807) is 22.0 Å². The molecule has 1 amide bonds. The Balaban J connectivity index is 1.65. The fraction of sp³-hybridized carbons (Fsp3) is 0.412. The Hall–Kier alpha value is -2.18. The van der Waals surface area contributed by atoms with Crippen LogP contribution < -0.4 is 0 Å². The molecule has 0 unspecified atom stereocenters. The molecule has 2 aromatic rings. The Morgan fingerprint density at radius 2 is 2.09 bits per heavy atom. The highest BCUT2D eigenvalue weighted by atomic mass is 16.3. The van der Waals surface area contributed by atoms with E-state index in [-0.39, 0.29) is 25.0 Å². The maximum atomic E-state index is 12.5. The summed E-state index contributed by atoms with van der Waals surface area (Å²) in [6.45, 7) is 1.38. The second-order valence-electron chi connectivity index (χ2n) is 5.96. The topological polar surface area (TPSA) is 78.6 Å². The van der Waals surface area contributed by atoms with E-state index < -0.39 is 6.10 Å². The molecule has 1 fully saturated rings. The zero-order chi connectivity index (χ0) is 16.2. The third kappa shape index (κ3) is 3.60. The molecule has 2 heterocycles. The molecule has 3 rings (SSSR count). The van der Waals surface area contributed by atoms with Crippen molar-refractivity contribution in [3.05, 3.63) is 53.9 Å². The van der Waals surface area contributed by atoms with Crippen LogP contribution in [-0.4, -0.2) is 56.6 Å². The van der Waals surface area contributed by atoms with Gasteiger partial charge in [-0.2, -0.15) is 5.10 Å². The van der Waals surface area contributed by atoms with Crippen LogP contribution in [0.15, 0.2) is 42.7 Å². The van der Waals surface area contributed by atoms with Gasteiger partial charge < -0.3 is 15.1 Å². The number of amides is 1. The van der Waals surface area contributed by atoms with E-state index >= 15 is 0 Å². The van der Waals surface area contributed by atoms with Gasteiger partial charge in [0.2, 0.25) is 0 Å². The van der Waals surface area contributed by atoms with Crippen LogP contribution in [0.3, 0.4) is 0 Å². The molecule has 1 aromatic carbocycles. The van der Waals surface area contributed by atoms with Crippen molar-refractivity contribution in [3.63, 3.8) is 0 Å². The highest BCUT2D eigenvalue weighted by Crippen LogP contribution is 2.19. The number of piperidine rings is 1. The average Bonchev–Trinajstić information content (AvgIpc) is 3.03. The minimum atomic E-state index is -0.669. The predicted molar refractivity (Wildman–Crippen MR) is 84.9 cm³/mol. The lowest BCUT2D eigenvalue weighted by Crippen LogP contribution is -2.47. The third-order valence-electron chi connectivity index (χ3n) is 4.31. The molecule has 1 aromatic heterocycles. The standard InChI is InChI=1S/C17H21N3O3/c21-12-14-6-7-19(11-16(14)22)17(23)15-8-18-20(10-15)9-13-4-2-1-3-5-13/h1-5,8,10,14,16,21-22H,6-7,9,11-12H2/t14-,16+/m1/s1. The normalized spacial score (nSPS) is 21.4. The molecule has 1 saturated heterocycles. The number of rotatable bonds is 4. The maximum Gasteiger partial charge on any atom is 0.257 e. The van der Waals surface area contributed by atoms with Gasteiger partial charge >= 0.3 is 0 Å². The summed E-state index contributed by atoms with van der Waals surface area (Å²) in [5, 5.41) is 23.4. The molecule has 122 valence electrons. The number of benzene rings is 1.